The van der Waals surface area contributed by atoms with Gasteiger partial charge in [-0.25, -0.2) is 0 Å². The van der Waals surface area contributed by atoms with E-state index in [4.69, 9.17) is 23.2 Å². The third-order valence-corrected chi connectivity index (χ3v) is 4.95. The summed E-state index contributed by atoms with van der Waals surface area (Å²) in [6.07, 6.45) is 3.25. The summed E-state index contributed by atoms with van der Waals surface area (Å²) < 4.78 is 1.93. The zero-order chi connectivity index (χ0) is 14.0. The molecule has 1 atom stereocenters. The van der Waals surface area contributed by atoms with Crippen LogP contribution in [0.25, 0.3) is 0 Å². The Kier molecular flexibility index (Phi) is 5.15. The van der Waals surface area contributed by atoms with E-state index in [-0.39, 0.29) is 5.38 Å². The maximum Gasteiger partial charge on any atom is 0.0863 e. The van der Waals surface area contributed by atoms with Crippen molar-refractivity contribution in [3.63, 3.8) is 0 Å². The number of rotatable bonds is 4. The maximum atomic E-state index is 6.40. The van der Waals surface area contributed by atoms with Gasteiger partial charge in [-0.05, 0) is 45.2 Å². The number of halogens is 2. The molecular formula is C14H23Cl2N3. The molecule has 1 unspecified atom stereocenters. The first-order chi connectivity index (χ1) is 9.02. The number of piperidine rings is 1. The molecule has 3 nitrogen and oxygen atoms in total. The molecule has 19 heavy (non-hydrogen) atoms. The van der Waals surface area contributed by atoms with Gasteiger partial charge in [0, 0.05) is 19.0 Å². The van der Waals surface area contributed by atoms with Crippen molar-refractivity contribution in [2.75, 3.05) is 13.1 Å². The molecule has 0 N–H and O–H groups in total. The van der Waals surface area contributed by atoms with E-state index in [1.54, 1.807) is 0 Å². The van der Waals surface area contributed by atoms with Crippen molar-refractivity contribution >= 4 is 23.2 Å². The molecule has 1 aromatic rings. The van der Waals surface area contributed by atoms with Gasteiger partial charge in [0.25, 0.3) is 0 Å². The highest BCUT2D eigenvalue weighted by atomic mass is 35.5. The number of nitrogens with zero attached hydrogens (tertiary/aromatic N) is 3. The first-order valence-electron chi connectivity index (χ1n) is 7.09. The van der Waals surface area contributed by atoms with Gasteiger partial charge in [0.05, 0.1) is 16.4 Å². The lowest BCUT2D eigenvalue weighted by Crippen LogP contribution is -2.36. The monoisotopic (exact) mass is 303 g/mol. The van der Waals surface area contributed by atoms with Gasteiger partial charge < -0.3 is 0 Å². The van der Waals surface area contributed by atoms with Crippen LogP contribution in [0, 0.1) is 5.92 Å². The second kappa shape index (κ2) is 6.47. The summed E-state index contributed by atoms with van der Waals surface area (Å²) in [5.74, 6) is 0.658. The summed E-state index contributed by atoms with van der Waals surface area (Å²) in [5, 5.41) is 5.61. The zero-order valence-corrected chi connectivity index (χ0v) is 13.5. The molecule has 1 fully saturated rings. The van der Waals surface area contributed by atoms with E-state index >= 15 is 0 Å². The average Bonchev–Trinajstić information content (AvgIpc) is 2.67. The van der Waals surface area contributed by atoms with Crippen LogP contribution in [0.5, 0.6) is 0 Å². The predicted octanol–water partition coefficient (Wildman–Crippen LogP) is 3.48. The number of hydrogen-bond acceptors (Lipinski definition) is 2. The molecule has 0 spiro atoms. The Hall–Kier alpha value is -0.250. The lowest BCUT2D eigenvalue weighted by molar-refractivity contribution is 0.173. The molecule has 5 heteroatoms. The van der Waals surface area contributed by atoms with Crippen molar-refractivity contribution in [3.8, 4) is 0 Å². The Morgan fingerprint density at radius 3 is 2.47 bits per heavy atom. The fourth-order valence-corrected chi connectivity index (χ4v) is 3.38. The molecule has 1 aliphatic rings. The first-order valence-corrected chi connectivity index (χ1v) is 7.91. The Morgan fingerprint density at radius 2 is 2.00 bits per heavy atom. The number of aromatic nitrogens is 2. The van der Waals surface area contributed by atoms with Crippen LogP contribution in [-0.2, 0) is 20.0 Å². The minimum atomic E-state index is 0.286. The molecule has 0 amide bonds. The standard InChI is InChI=1S/C14H23Cl2N3/c1-4-12-14(16)13(18(3)17-12)9-19-7-5-11(6-8-19)10(2)15/h10-11H,4-9H2,1-3H3. The van der Waals surface area contributed by atoms with Crippen LogP contribution in [0.2, 0.25) is 5.02 Å². The summed E-state index contributed by atoms with van der Waals surface area (Å²) in [6, 6.07) is 0. The second-order valence-corrected chi connectivity index (χ2v) is 6.54. The number of likely N-dealkylation sites (tertiary alicyclic amines) is 1. The summed E-state index contributed by atoms with van der Waals surface area (Å²) in [6.45, 7) is 7.29. The molecule has 1 aromatic heterocycles. The third kappa shape index (κ3) is 3.45. The Morgan fingerprint density at radius 1 is 1.37 bits per heavy atom. The van der Waals surface area contributed by atoms with E-state index in [1.165, 1.54) is 12.8 Å². The molecule has 1 saturated heterocycles. The maximum absolute atomic E-state index is 6.40. The molecule has 0 aliphatic carbocycles. The molecule has 108 valence electrons. The minimum absolute atomic E-state index is 0.286. The van der Waals surface area contributed by atoms with Gasteiger partial charge in [0.1, 0.15) is 0 Å². The van der Waals surface area contributed by atoms with E-state index in [0.29, 0.717) is 5.92 Å². The smallest absolute Gasteiger partial charge is 0.0863 e. The Labute approximate surface area is 125 Å². The highest BCUT2D eigenvalue weighted by Crippen LogP contribution is 2.27. The molecule has 2 rings (SSSR count). The van der Waals surface area contributed by atoms with E-state index < -0.39 is 0 Å². The summed E-state index contributed by atoms with van der Waals surface area (Å²) >= 11 is 12.6. The van der Waals surface area contributed by atoms with Crippen molar-refractivity contribution in [3.05, 3.63) is 16.4 Å². The average molecular weight is 304 g/mol. The van der Waals surface area contributed by atoms with Crippen molar-refractivity contribution in [2.45, 2.75) is 45.0 Å². The molecule has 2 heterocycles. The Bertz CT molecular complexity index is 421. The van der Waals surface area contributed by atoms with Crippen LogP contribution in [0.15, 0.2) is 0 Å². The largest absolute Gasteiger partial charge is 0.297 e. The summed E-state index contributed by atoms with van der Waals surface area (Å²) in [7, 11) is 1.98. The van der Waals surface area contributed by atoms with Gasteiger partial charge in [0.2, 0.25) is 0 Å². The number of alkyl halides is 1. The van der Waals surface area contributed by atoms with E-state index in [1.807, 2.05) is 11.7 Å². The van der Waals surface area contributed by atoms with E-state index in [9.17, 15) is 0 Å². The van der Waals surface area contributed by atoms with Gasteiger partial charge >= 0.3 is 0 Å². The minimum Gasteiger partial charge on any atom is -0.297 e. The zero-order valence-electron chi connectivity index (χ0n) is 12.0. The van der Waals surface area contributed by atoms with E-state index in [2.05, 4.69) is 23.8 Å². The fraction of sp³-hybridized carbons (Fsp3) is 0.786. The number of hydrogen-bond donors (Lipinski definition) is 0. The first kappa shape index (κ1) is 15.1. The molecule has 0 bridgehead atoms. The third-order valence-electron chi connectivity index (χ3n) is 4.16. The van der Waals surface area contributed by atoms with Crippen molar-refractivity contribution in [1.29, 1.82) is 0 Å². The molecule has 1 aliphatic heterocycles. The predicted molar refractivity (Wildman–Crippen MR) is 80.9 cm³/mol. The van der Waals surface area contributed by atoms with Crippen LogP contribution in [0.3, 0.4) is 0 Å². The second-order valence-electron chi connectivity index (χ2n) is 5.48. The van der Waals surface area contributed by atoms with Crippen LogP contribution >= 0.6 is 23.2 Å². The lowest BCUT2D eigenvalue weighted by Gasteiger charge is -2.33. The van der Waals surface area contributed by atoms with Gasteiger partial charge in [0.15, 0.2) is 0 Å². The SMILES string of the molecule is CCc1nn(C)c(CN2CCC(C(C)Cl)CC2)c1Cl. The fourth-order valence-electron chi connectivity index (χ4n) is 2.77. The molecular weight excluding hydrogens is 281 g/mol. The molecule has 0 radical (unpaired) electrons. The van der Waals surface area contributed by atoms with Gasteiger partial charge in [-0.15, -0.1) is 11.6 Å². The Balaban J connectivity index is 1.98. The van der Waals surface area contributed by atoms with Gasteiger partial charge in [-0.2, -0.15) is 5.10 Å². The van der Waals surface area contributed by atoms with Crippen molar-refractivity contribution in [2.24, 2.45) is 13.0 Å². The molecule has 0 saturated carbocycles. The van der Waals surface area contributed by atoms with Gasteiger partial charge in [-0.3, -0.25) is 9.58 Å². The normalized spacial score (nSPS) is 19.8. The summed E-state index contributed by atoms with van der Waals surface area (Å²) in [4.78, 5) is 2.46. The van der Waals surface area contributed by atoms with Crippen LogP contribution in [0.4, 0.5) is 0 Å². The number of aryl methyl sites for hydroxylation is 2. The van der Waals surface area contributed by atoms with Crippen LogP contribution in [0.1, 0.15) is 38.1 Å². The highest BCUT2D eigenvalue weighted by Gasteiger charge is 2.24. The quantitative estimate of drug-likeness (QED) is 0.794. The van der Waals surface area contributed by atoms with Crippen molar-refractivity contribution in [1.82, 2.24) is 14.7 Å². The van der Waals surface area contributed by atoms with Gasteiger partial charge in [-0.1, -0.05) is 18.5 Å². The van der Waals surface area contributed by atoms with Crippen molar-refractivity contribution < 1.29 is 0 Å². The van der Waals surface area contributed by atoms with Crippen LogP contribution in [-0.4, -0.2) is 33.1 Å². The topological polar surface area (TPSA) is 21.1 Å². The lowest BCUT2D eigenvalue weighted by atomic mass is 9.94. The molecule has 0 aromatic carbocycles. The highest BCUT2D eigenvalue weighted by molar-refractivity contribution is 6.31. The van der Waals surface area contributed by atoms with E-state index in [0.717, 1.165) is 42.5 Å². The summed E-state index contributed by atoms with van der Waals surface area (Å²) in [5.41, 5.74) is 2.14. The van der Waals surface area contributed by atoms with Crippen LogP contribution < -0.4 is 0 Å².